The first kappa shape index (κ1) is 15.7. The van der Waals surface area contributed by atoms with E-state index in [0.717, 1.165) is 43.9 Å². The second-order valence-electron chi connectivity index (χ2n) is 6.26. The predicted molar refractivity (Wildman–Crippen MR) is 100 cm³/mol. The van der Waals surface area contributed by atoms with Crippen molar-refractivity contribution < 1.29 is 9.50 Å². The Morgan fingerprint density at radius 3 is 2.60 bits per heavy atom. The number of benzene rings is 3. The highest BCUT2D eigenvalue weighted by Crippen LogP contribution is 2.36. The normalized spacial score (nSPS) is 11.3. The Morgan fingerprint density at radius 2 is 1.76 bits per heavy atom. The molecule has 0 aliphatic rings. The standard InChI is InChI=1S/C22H18FNO/c1-14-12-20(18-8-10-24-22-5-3-2-4-19(18)22)17-7-6-15(23)13-21(17)16(14)9-11-25/h2-8,10,12-13,25H,9,11H2,1H3. The van der Waals surface area contributed by atoms with Crippen LogP contribution in [-0.2, 0) is 6.42 Å². The molecule has 1 N–H and O–H groups in total. The summed E-state index contributed by atoms with van der Waals surface area (Å²) in [6, 6.07) is 17.1. The van der Waals surface area contributed by atoms with Crippen molar-refractivity contribution >= 4 is 21.7 Å². The van der Waals surface area contributed by atoms with Crippen LogP contribution in [0.2, 0.25) is 0 Å². The van der Waals surface area contributed by atoms with Crippen molar-refractivity contribution in [3.8, 4) is 11.1 Å². The molecule has 3 heteroatoms. The minimum absolute atomic E-state index is 0.0456. The molecule has 0 aliphatic carbocycles. The number of aromatic nitrogens is 1. The van der Waals surface area contributed by atoms with Gasteiger partial charge in [-0.05, 0) is 70.6 Å². The largest absolute Gasteiger partial charge is 0.396 e. The van der Waals surface area contributed by atoms with E-state index in [9.17, 15) is 9.50 Å². The van der Waals surface area contributed by atoms with Gasteiger partial charge in [0.05, 0.1) is 5.52 Å². The topological polar surface area (TPSA) is 33.1 Å². The monoisotopic (exact) mass is 331 g/mol. The van der Waals surface area contributed by atoms with Crippen LogP contribution in [0.25, 0.3) is 32.8 Å². The molecule has 124 valence electrons. The number of rotatable bonds is 3. The van der Waals surface area contributed by atoms with Crippen LogP contribution < -0.4 is 0 Å². The SMILES string of the molecule is Cc1cc(-c2ccnc3ccccc23)c2ccc(F)cc2c1CCO. The highest BCUT2D eigenvalue weighted by Gasteiger charge is 2.14. The minimum atomic E-state index is -0.261. The van der Waals surface area contributed by atoms with Gasteiger partial charge in [-0.3, -0.25) is 4.98 Å². The van der Waals surface area contributed by atoms with E-state index < -0.39 is 0 Å². The van der Waals surface area contributed by atoms with Crippen LogP contribution in [0.5, 0.6) is 0 Å². The molecule has 0 saturated carbocycles. The van der Waals surface area contributed by atoms with Gasteiger partial charge in [0.2, 0.25) is 0 Å². The highest BCUT2D eigenvalue weighted by molar-refractivity contribution is 6.05. The van der Waals surface area contributed by atoms with Crippen molar-refractivity contribution in [1.29, 1.82) is 0 Å². The number of aliphatic hydroxyl groups is 1. The number of nitrogens with zero attached hydrogens (tertiary/aromatic N) is 1. The molecular weight excluding hydrogens is 313 g/mol. The zero-order chi connectivity index (χ0) is 17.4. The summed E-state index contributed by atoms with van der Waals surface area (Å²) >= 11 is 0. The Hall–Kier alpha value is -2.78. The number of hydrogen-bond donors (Lipinski definition) is 1. The molecule has 0 atom stereocenters. The molecular formula is C22H18FNO. The van der Waals surface area contributed by atoms with Crippen molar-refractivity contribution in [1.82, 2.24) is 4.98 Å². The molecule has 0 spiro atoms. The minimum Gasteiger partial charge on any atom is -0.396 e. The third-order valence-corrected chi connectivity index (χ3v) is 4.73. The summed E-state index contributed by atoms with van der Waals surface area (Å²) in [5.41, 5.74) is 5.14. The number of aliphatic hydroxyl groups excluding tert-OH is 1. The third-order valence-electron chi connectivity index (χ3n) is 4.73. The fourth-order valence-corrected chi connectivity index (χ4v) is 3.59. The van der Waals surface area contributed by atoms with Crippen LogP contribution in [-0.4, -0.2) is 16.7 Å². The van der Waals surface area contributed by atoms with E-state index in [2.05, 4.69) is 17.1 Å². The van der Waals surface area contributed by atoms with Crippen molar-refractivity contribution in [2.45, 2.75) is 13.3 Å². The molecule has 3 aromatic carbocycles. The van der Waals surface area contributed by atoms with Gasteiger partial charge in [-0.25, -0.2) is 4.39 Å². The van der Waals surface area contributed by atoms with Crippen molar-refractivity contribution in [3.63, 3.8) is 0 Å². The van der Waals surface area contributed by atoms with Crippen LogP contribution in [0, 0.1) is 12.7 Å². The van der Waals surface area contributed by atoms with E-state index in [1.54, 1.807) is 6.07 Å². The molecule has 2 nitrogen and oxygen atoms in total. The Kier molecular flexibility index (Phi) is 3.94. The number of pyridine rings is 1. The van der Waals surface area contributed by atoms with E-state index in [0.29, 0.717) is 6.42 Å². The smallest absolute Gasteiger partial charge is 0.123 e. The maximum absolute atomic E-state index is 13.9. The molecule has 1 heterocycles. The fraction of sp³-hybridized carbons (Fsp3) is 0.136. The second kappa shape index (κ2) is 6.26. The first-order valence-corrected chi connectivity index (χ1v) is 8.36. The lowest BCUT2D eigenvalue weighted by Crippen LogP contribution is -1.98. The average Bonchev–Trinajstić information content (AvgIpc) is 2.63. The molecule has 0 bridgehead atoms. The van der Waals surface area contributed by atoms with Gasteiger partial charge in [0.15, 0.2) is 0 Å². The summed E-state index contributed by atoms with van der Waals surface area (Å²) in [5, 5.41) is 12.3. The first-order valence-electron chi connectivity index (χ1n) is 8.36. The molecule has 0 radical (unpaired) electrons. The molecule has 0 fully saturated rings. The quantitative estimate of drug-likeness (QED) is 0.571. The lowest BCUT2D eigenvalue weighted by Gasteiger charge is -2.16. The first-order chi connectivity index (χ1) is 12.2. The highest BCUT2D eigenvalue weighted by atomic mass is 19.1. The molecule has 4 rings (SSSR count). The Labute approximate surface area is 145 Å². The maximum Gasteiger partial charge on any atom is 0.123 e. The number of fused-ring (bicyclic) bond motifs is 2. The van der Waals surface area contributed by atoms with Gasteiger partial charge in [0.25, 0.3) is 0 Å². The Bertz CT molecular complexity index is 1080. The van der Waals surface area contributed by atoms with Crippen LogP contribution in [0.15, 0.2) is 60.8 Å². The molecule has 0 saturated heterocycles. The van der Waals surface area contributed by atoms with Crippen LogP contribution >= 0.6 is 0 Å². The van der Waals surface area contributed by atoms with Gasteiger partial charge in [0.1, 0.15) is 5.82 Å². The molecule has 0 aliphatic heterocycles. The predicted octanol–water partition coefficient (Wildman–Crippen LogP) is 5.04. The van der Waals surface area contributed by atoms with Gasteiger partial charge in [-0.2, -0.15) is 0 Å². The number of para-hydroxylation sites is 1. The third kappa shape index (κ3) is 2.67. The molecule has 0 unspecified atom stereocenters. The molecule has 25 heavy (non-hydrogen) atoms. The number of halogens is 1. The lowest BCUT2D eigenvalue weighted by atomic mass is 9.89. The van der Waals surface area contributed by atoms with Crippen LogP contribution in [0.1, 0.15) is 11.1 Å². The Balaban J connectivity index is 2.10. The number of hydrogen-bond acceptors (Lipinski definition) is 2. The Morgan fingerprint density at radius 1 is 0.920 bits per heavy atom. The van der Waals surface area contributed by atoms with Gasteiger partial charge < -0.3 is 5.11 Å². The maximum atomic E-state index is 13.9. The summed E-state index contributed by atoms with van der Waals surface area (Å²) in [4.78, 5) is 4.44. The second-order valence-corrected chi connectivity index (χ2v) is 6.26. The van der Waals surface area contributed by atoms with Gasteiger partial charge in [-0.1, -0.05) is 30.3 Å². The summed E-state index contributed by atoms with van der Waals surface area (Å²) in [6.07, 6.45) is 2.33. The molecule has 0 amide bonds. The summed E-state index contributed by atoms with van der Waals surface area (Å²) in [7, 11) is 0. The van der Waals surface area contributed by atoms with E-state index in [4.69, 9.17) is 0 Å². The zero-order valence-electron chi connectivity index (χ0n) is 14.0. The van der Waals surface area contributed by atoms with Crippen LogP contribution in [0.4, 0.5) is 4.39 Å². The fourth-order valence-electron chi connectivity index (χ4n) is 3.59. The van der Waals surface area contributed by atoms with Crippen molar-refractivity contribution in [2.75, 3.05) is 6.61 Å². The van der Waals surface area contributed by atoms with E-state index in [1.807, 2.05) is 43.5 Å². The van der Waals surface area contributed by atoms with Gasteiger partial charge in [0, 0.05) is 18.2 Å². The van der Waals surface area contributed by atoms with Crippen molar-refractivity contribution in [2.24, 2.45) is 0 Å². The van der Waals surface area contributed by atoms with Gasteiger partial charge in [-0.15, -0.1) is 0 Å². The van der Waals surface area contributed by atoms with E-state index >= 15 is 0 Å². The zero-order valence-corrected chi connectivity index (χ0v) is 14.0. The molecule has 1 aromatic heterocycles. The number of aryl methyl sites for hydroxylation is 1. The van der Waals surface area contributed by atoms with Crippen LogP contribution in [0.3, 0.4) is 0 Å². The molecule has 4 aromatic rings. The summed E-state index contributed by atoms with van der Waals surface area (Å²) < 4.78 is 13.9. The summed E-state index contributed by atoms with van der Waals surface area (Å²) in [6.45, 7) is 2.06. The van der Waals surface area contributed by atoms with E-state index in [1.165, 1.54) is 6.07 Å². The summed E-state index contributed by atoms with van der Waals surface area (Å²) in [5.74, 6) is -0.261. The van der Waals surface area contributed by atoms with Crippen molar-refractivity contribution in [3.05, 3.63) is 77.7 Å². The average molecular weight is 331 g/mol. The van der Waals surface area contributed by atoms with E-state index in [-0.39, 0.29) is 12.4 Å². The lowest BCUT2D eigenvalue weighted by molar-refractivity contribution is 0.300. The van der Waals surface area contributed by atoms with Gasteiger partial charge >= 0.3 is 0 Å².